The highest BCUT2D eigenvalue weighted by Crippen LogP contribution is 2.18. The van der Waals surface area contributed by atoms with Gasteiger partial charge in [0.1, 0.15) is 0 Å². The molecule has 24 heavy (non-hydrogen) atoms. The molecule has 132 valence electrons. The number of hydrogen-bond acceptors (Lipinski definition) is 5. The van der Waals surface area contributed by atoms with E-state index in [1.807, 2.05) is 25.4 Å². The number of nitrogens with zero attached hydrogens (tertiary/aromatic N) is 3. The number of ether oxygens (including phenoxy) is 1. The number of morpholine rings is 1. The van der Waals surface area contributed by atoms with E-state index < -0.39 is 5.60 Å². The minimum Gasteiger partial charge on any atom is -0.362 e. The predicted octanol–water partition coefficient (Wildman–Crippen LogP) is 0.267. The molecule has 2 amide bonds. The van der Waals surface area contributed by atoms with Gasteiger partial charge in [-0.25, -0.2) is 0 Å². The Hall–Kier alpha value is -1.99. The van der Waals surface area contributed by atoms with E-state index in [1.54, 1.807) is 25.1 Å². The Labute approximate surface area is 143 Å². The Morgan fingerprint density at radius 2 is 2.29 bits per heavy atom. The van der Waals surface area contributed by atoms with Gasteiger partial charge in [0.05, 0.1) is 13.2 Å². The van der Waals surface area contributed by atoms with Gasteiger partial charge in [0, 0.05) is 45.5 Å². The predicted molar refractivity (Wildman–Crippen MR) is 90.2 cm³/mol. The molecular weight excluding hydrogens is 308 g/mol. The minimum absolute atomic E-state index is 0.0477. The first-order valence-corrected chi connectivity index (χ1v) is 8.16. The second-order valence-electron chi connectivity index (χ2n) is 6.32. The van der Waals surface area contributed by atoms with E-state index >= 15 is 0 Å². The molecule has 1 aliphatic rings. The third-order valence-electron chi connectivity index (χ3n) is 4.22. The van der Waals surface area contributed by atoms with Crippen LogP contribution in [0.5, 0.6) is 0 Å². The van der Waals surface area contributed by atoms with Crippen molar-refractivity contribution in [3.05, 3.63) is 30.1 Å². The minimum atomic E-state index is -0.968. The first-order chi connectivity index (χ1) is 11.4. The molecule has 0 saturated carbocycles. The van der Waals surface area contributed by atoms with Crippen molar-refractivity contribution in [2.75, 3.05) is 40.3 Å². The van der Waals surface area contributed by atoms with Gasteiger partial charge >= 0.3 is 0 Å². The van der Waals surface area contributed by atoms with Crippen LogP contribution in [-0.4, -0.2) is 72.5 Å². The Morgan fingerprint density at radius 1 is 1.50 bits per heavy atom. The van der Waals surface area contributed by atoms with Crippen LogP contribution in [0, 0.1) is 0 Å². The number of carbonyl (C=O) groups excluding carboxylic acids is 2. The van der Waals surface area contributed by atoms with Gasteiger partial charge in [-0.15, -0.1) is 0 Å². The average Bonchev–Trinajstić information content (AvgIpc) is 2.59. The zero-order chi connectivity index (χ0) is 17.6. The molecule has 0 aliphatic carbocycles. The highest BCUT2D eigenvalue weighted by molar-refractivity contribution is 5.86. The van der Waals surface area contributed by atoms with Gasteiger partial charge in [-0.1, -0.05) is 6.07 Å². The van der Waals surface area contributed by atoms with E-state index in [4.69, 9.17) is 4.74 Å². The van der Waals surface area contributed by atoms with Crippen molar-refractivity contribution in [2.24, 2.45) is 0 Å². The van der Waals surface area contributed by atoms with Crippen LogP contribution in [0.2, 0.25) is 0 Å². The van der Waals surface area contributed by atoms with Crippen molar-refractivity contribution in [3.63, 3.8) is 0 Å². The number of hydrogen-bond donors (Lipinski definition) is 1. The number of carbonyl (C=O) groups is 2. The van der Waals surface area contributed by atoms with Gasteiger partial charge in [-0.2, -0.15) is 0 Å². The second kappa shape index (κ2) is 8.21. The van der Waals surface area contributed by atoms with Crippen molar-refractivity contribution < 1.29 is 14.3 Å². The van der Waals surface area contributed by atoms with E-state index in [-0.39, 0.29) is 18.4 Å². The number of rotatable bonds is 6. The monoisotopic (exact) mass is 334 g/mol. The Kier molecular flexibility index (Phi) is 6.28. The zero-order valence-electron chi connectivity index (χ0n) is 14.6. The average molecular weight is 334 g/mol. The fourth-order valence-electron chi connectivity index (χ4n) is 2.81. The van der Waals surface area contributed by atoms with Gasteiger partial charge in [0.15, 0.2) is 5.60 Å². The highest BCUT2D eigenvalue weighted by Gasteiger charge is 2.39. The Bertz CT molecular complexity index is 566. The normalized spacial score (nSPS) is 20.9. The van der Waals surface area contributed by atoms with Gasteiger partial charge in [-0.05, 0) is 25.6 Å². The topological polar surface area (TPSA) is 74.8 Å². The molecule has 1 saturated heterocycles. The lowest BCUT2D eigenvalue weighted by molar-refractivity contribution is -0.162. The Balaban J connectivity index is 1.82. The molecule has 0 radical (unpaired) electrons. The molecule has 1 aromatic heterocycles. The van der Waals surface area contributed by atoms with Crippen LogP contribution < -0.4 is 5.32 Å². The quantitative estimate of drug-likeness (QED) is 0.808. The smallest absolute Gasteiger partial charge is 0.253 e. The summed E-state index contributed by atoms with van der Waals surface area (Å²) in [4.78, 5) is 32.3. The van der Waals surface area contributed by atoms with Crippen LogP contribution >= 0.6 is 0 Å². The molecule has 0 spiro atoms. The second-order valence-corrected chi connectivity index (χ2v) is 6.32. The first kappa shape index (κ1) is 18.4. The largest absolute Gasteiger partial charge is 0.362 e. The van der Waals surface area contributed by atoms with Crippen LogP contribution in [0.1, 0.15) is 18.9 Å². The SMILES string of the molecule is CNC(=O)[C@@]1(C)CN(C(=O)CCN(C)Cc2cccnc2)CCO1. The van der Waals surface area contributed by atoms with Crippen LogP contribution in [0.3, 0.4) is 0 Å². The summed E-state index contributed by atoms with van der Waals surface area (Å²) < 4.78 is 5.58. The number of nitrogens with one attached hydrogen (secondary N) is 1. The van der Waals surface area contributed by atoms with Crippen LogP contribution in [0.4, 0.5) is 0 Å². The summed E-state index contributed by atoms with van der Waals surface area (Å²) in [5.74, 6) is -0.153. The highest BCUT2D eigenvalue weighted by atomic mass is 16.5. The van der Waals surface area contributed by atoms with Crippen LogP contribution in [0.15, 0.2) is 24.5 Å². The van der Waals surface area contributed by atoms with Crippen molar-refractivity contribution in [2.45, 2.75) is 25.5 Å². The van der Waals surface area contributed by atoms with E-state index in [0.717, 1.165) is 12.1 Å². The number of pyridine rings is 1. The van der Waals surface area contributed by atoms with Gasteiger partial charge < -0.3 is 19.9 Å². The fourth-order valence-corrected chi connectivity index (χ4v) is 2.81. The molecular formula is C17H26N4O3. The molecule has 0 aromatic carbocycles. The van der Waals surface area contributed by atoms with Gasteiger partial charge in [0.25, 0.3) is 5.91 Å². The maximum Gasteiger partial charge on any atom is 0.253 e. The maximum absolute atomic E-state index is 12.5. The van der Waals surface area contributed by atoms with Gasteiger partial charge in [-0.3, -0.25) is 14.6 Å². The van der Waals surface area contributed by atoms with Crippen LogP contribution in [-0.2, 0) is 20.9 Å². The summed E-state index contributed by atoms with van der Waals surface area (Å²) in [7, 11) is 3.55. The zero-order valence-corrected chi connectivity index (χ0v) is 14.6. The number of aromatic nitrogens is 1. The summed E-state index contributed by atoms with van der Waals surface area (Å²) in [6, 6.07) is 3.92. The van der Waals surface area contributed by atoms with Crippen molar-refractivity contribution in [1.82, 2.24) is 20.1 Å². The molecule has 1 aliphatic heterocycles. The standard InChI is InChI=1S/C17H26N4O3/c1-17(16(23)18-2)13-21(9-10-24-17)15(22)6-8-20(3)12-14-5-4-7-19-11-14/h4-5,7,11H,6,8-10,12-13H2,1-3H3,(H,18,23)/t17-/m1/s1. The third-order valence-corrected chi connectivity index (χ3v) is 4.22. The molecule has 2 heterocycles. The van der Waals surface area contributed by atoms with Crippen molar-refractivity contribution in [1.29, 1.82) is 0 Å². The molecule has 0 bridgehead atoms. The van der Waals surface area contributed by atoms with E-state index in [2.05, 4.69) is 15.2 Å². The number of likely N-dealkylation sites (N-methyl/N-ethyl adjacent to an activating group) is 1. The van der Waals surface area contributed by atoms with Crippen LogP contribution in [0.25, 0.3) is 0 Å². The molecule has 1 atom stereocenters. The third kappa shape index (κ3) is 4.75. The molecule has 0 unspecified atom stereocenters. The van der Waals surface area contributed by atoms with E-state index in [0.29, 0.717) is 26.1 Å². The van der Waals surface area contributed by atoms with Crippen molar-refractivity contribution in [3.8, 4) is 0 Å². The summed E-state index contributed by atoms with van der Waals surface area (Å²) in [5.41, 5.74) is 0.149. The molecule has 2 rings (SSSR count). The molecule has 1 fully saturated rings. The summed E-state index contributed by atoms with van der Waals surface area (Å²) in [6.45, 7) is 4.32. The summed E-state index contributed by atoms with van der Waals surface area (Å²) in [5, 5.41) is 2.60. The molecule has 7 nitrogen and oxygen atoms in total. The van der Waals surface area contributed by atoms with Gasteiger partial charge in [0.2, 0.25) is 5.91 Å². The number of amides is 2. The summed E-state index contributed by atoms with van der Waals surface area (Å²) in [6.07, 6.45) is 3.99. The maximum atomic E-state index is 12.5. The lowest BCUT2D eigenvalue weighted by atomic mass is 10.0. The van der Waals surface area contributed by atoms with Crippen molar-refractivity contribution >= 4 is 11.8 Å². The molecule has 1 N–H and O–H groups in total. The first-order valence-electron chi connectivity index (χ1n) is 8.16. The van der Waals surface area contributed by atoms with E-state index in [9.17, 15) is 9.59 Å². The van der Waals surface area contributed by atoms with E-state index in [1.165, 1.54) is 0 Å². The molecule has 1 aromatic rings. The molecule has 7 heteroatoms. The summed E-state index contributed by atoms with van der Waals surface area (Å²) >= 11 is 0. The lowest BCUT2D eigenvalue weighted by Gasteiger charge is -2.39. The Morgan fingerprint density at radius 3 is 2.96 bits per heavy atom. The fraction of sp³-hybridized carbons (Fsp3) is 0.588. The lowest BCUT2D eigenvalue weighted by Crippen LogP contribution is -2.59.